The van der Waals surface area contributed by atoms with E-state index in [1.807, 2.05) is 0 Å². The van der Waals surface area contributed by atoms with Gasteiger partial charge in [0.15, 0.2) is 0 Å². The normalized spacial score (nSPS) is 13.8. The SMILES string of the molecule is CC(C)Oc1ccc(C(C)CC(C)(C)C)cc1. The van der Waals surface area contributed by atoms with Crippen molar-refractivity contribution in [3.05, 3.63) is 29.8 Å². The molecule has 0 aliphatic carbocycles. The molecule has 0 amide bonds. The maximum absolute atomic E-state index is 5.65. The molecule has 0 radical (unpaired) electrons. The highest BCUT2D eigenvalue weighted by atomic mass is 16.5. The van der Waals surface area contributed by atoms with Crippen molar-refractivity contribution in [3.63, 3.8) is 0 Å². The number of hydrogen-bond donors (Lipinski definition) is 0. The van der Waals surface area contributed by atoms with Gasteiger partial charge in [-0.3, -0.25) is 0 Å². The predicted molar refractivity (Wildman–Crippen MR) is 74.7 cm³/mol. The van der Waals surface area contributed by atoms with Crippen LogP contribution in [-0.4, -0.2) is 6.10 Å². The Bertz CT molecular complexity index is 330. The van der Waals surface area contributed by atoms with Gasteiger partial charge in [-0.05, 0) is 49.3 Å². The number of benzene rings is 1. The zero-order chi connectivity index (χ0) is 13.1. The van der Waals surface area contributed by atoms with Crippen molar-refractivity contribution < 1.29 is 4.74 Å². The molecule has 0 bridgehead atoms. The second-order valence-electron chi connectivity index (χ2n) is 6.40. The van der Waals surface area contributed by atoms with Crippen LogP contribution in [0.4, 0.5) is 0 Å². The van der Waals surface area contributed by atoms with E-state index in [1.54, 1.807) is 0 Å². The molecule has 0 saturated carbocycles. The molecule has 1 rings (SSSR count). The van der Waals surface area contributed by atoms with Gasteiger partial charge in [0, 0.05) is 0 Å². The summed E-state index contributed by atoms with van der Waals surface area (Å²) in [5.74, 6) is 1.56. The van der Waals surface area contributed by atoms with Gasteiger partial charge >= 0.3 is 0 Å². The molecule has 1 aromatic rings. The van der Waals surface area contributed by atoms with Gasteiger partial charge in [0.05, 0.1) is 6.10 Å². The second kappa shape index (κ2) is 5.57. The minimum atomic E-state index is 0.243. The molecule has 1 heteroatoms. The average Bonchev–Trinajstić information content (AvgIpc) is 2.15. The van der Waals surface area contributed by atoms with Crippen molar-refractivity contribution >= 4 is 0 Å². The van der Waals surface area contributed by atoms with Crippen LogP contribution in [-0.2, 0) is 0 Å². The van der Waals surface area contributed by atoms with E-state index in [-0.39, 0.29) is 6.10 Å². The molecule has 1 unspecified atom stereocenters. The first kappa shape index (κ1) is 14.1. The van der Waals surface area contributed by atoms with Crippen LogP contribution in [0.25, 0.3) is 0 Å². The minimum Gasteiger partial charge on any atom is -0.491 e. The van der Waals surface area contributed by atoms with Crippen molar-refractivity contribution in [2.75, 3.05) is 0 Å². The van der Waals surface area contributed by atoms with Gasteiger partial charge in [-0.15, -0.1) is 0 Å². The van der Waals surface area contributed by atoms with Gasteiger partial charge in [-0.25, -0.2) is 0 Å². The summed E-state index contributed by atoms with van der Waals surface area (Å²) in [4.78, 5) is 0. The molecule has 1 nitrogen and oxygen atoms in total. The third kappa shape index (κ3) is 5.25. The molecular formula is C16H26O. The lowest BCUT2D eigenvalue weighted by atomic mass is 9.82. The zero-order valence-corrected chi connectivity index (χ0v) is 12.1. The van der Waals surface area contributed by atoms with Gasteiger partial charge in [-0.1, -0.05) is 39.8 Å². The Balaban J connectivity index is 2.67. The lowest BCUT2D eigenvalue weighted by molar-refractivity contribution is 0.242. The Labute approximate surface area is 106 Å². The van der Waals surface area contributed by atoms with Gasteiger partial charge in [0.2, 0.25) is 0 Å². The van der Waals surface area contributed by atoms with E-state index in [2.05, 4.69) is 65.8 Å². The Morgan fingerprint density at radius 2 is 1.53 bits per heavy atom. The summed E-state index contributed by atoms with van der Waals surface area (Å²) in [6.07, 6.45) is 1.45. The van der Waals surface area contributed by atoms with Crippen LogP contribution in [0.2, 0.25) is 0 Å². The van der Waals surface area contributed by atoms with E-state index in [1.165, 1.54) is 12.0 Å². The van der Waals surface area contributed by atoms with Crippen LogP contribution < -0.4 is 4.74 Å². The molecular weight excluding hydrogens is 208 g/mol. The van der Waals surface area contributed by atoms with Crippen molar-refractivity contribution in [3.8, 4) is 5.75 Å². The van der Waals surface area contributed by atoms with Gasteiger partial charge in [-0.2, -0.15) is 0 Å². The van der Waals surface area contributed by atoms with Gasteiger partial charge < -0.3 is 4.74 Å². The summed E-state index contributed by atoms with van der Waals surface area (Å²) in [6, 6.07) is 8.53. The second-order valence-corrected chi connectivity index (χ2v) is 6.40. The van der Waals surface area contributed by atoms with E-state index in [9.17, 15) is 0 Å². The molecule has 0 N–H and O–H groups in total. The molecule has 1 atom stereocenters. The standard InChI is InChI=1S/C16H26O/c1-12(2)17-15-9-7-14(8-10-15)13(3)11-16(4,5)6/h7-10,12-13H,11H2,1-6H3. The first-order valence-corrected chi connectivity index (χ1v) is 6.54. The third-order valence-electron chi connectivity index (χ3n) is 2.74. The van der Waals surface area contributed by atoms with Gasteiger partial charge in [0.1, 0.15) is 5.75 Å². The summed E-state index contributed by atoms with van der Waals surface area (Å²) in [5, 5.41) is 0. The highest BCUT2D eigenvalue weighted by Crippen LogP contribution is 2.31. The lowest BCUT2D eigenvalue weighted by Crippen LogP contribution is -2.10. The number of rotatable bonds is 4. The van der Waals surface area contributed by atoms with E-state index in [4.69, 9.17) is 4.74 Å². The molecule has 0 aliphatic rings. The maximum Gasteiger partial charge on any atom is 0.119 e. The molecule has 0 heterocycles. The highest BCUT2D eigenvalue weighted by molar-refractivity contribution is 5.29. The van der Waals surface area contributed by atoms with Crippen LogP contribution in [0, 0.1) is 5.41 Å². The lowest BCUT2D eigenvalue weighted by Gasteiger charge is -2.23. The molecule has 1 aromatic carbocycles. The monoisotopic (exact) mass is 234 g/mol. The van der Waals surface area contributed by atoms with Crippen molar-refractivity contribution in [1.82, 2.24) is 0 Å². The molecule has 0 aliphatic heterocycles. The fourth-order valence-electron chi connectivity index (χ4n) is 2.18. The zero-order valence-electron chi connectivity index (χ0n) is 12.1. The van der Waals surface area contributed by atoms with Crippen LogP contribution in [0.5, 0.6) is 5.75 Å². The summed E-state index contributed by atoms with van der Waals surface area (Å²) in [6.45, 7) is 13.3. The Morgan fingerprint density at radius 1 is 1.00 bits per heavy atom. The first-order chi connectivity index (χ1) is 7.78. The van der Waals surface area contributed by atoms with Crippen molar-refractivity contribution in [2.45, 2.75) is 60.0 Å². The van der Waals surface area contributed by atoms with E-state index < -0.39 is 0 Å². The molecule has 0 aromatic heterocycles. The summed E-state index contributed by atoms with van der Waals surface area (Å²) >= 11 is 0. The third-order valence-corrected chi connectivity index (χ3v) is 2.74. The largest absolute Gasteiger partial charge is 0.491 e. The fraction of sp³-hybridized carbons (Fsp3) is 0.625. The fourth-order valence-corrected chi connectivity index (χ4v) is 2.18. The van der Waals surface area contributed by atoms with Gasteiger partial charge in [0.25, 0.3) is 0 Å². The Morgan fingerprint density at radius 3 is 1.94 bits per heavy atom. The average molecular weight is 234 g/mol. The highest BCUT2D eigenvalue weighted by Gasteiger charge is 2.16. The van der Waals surface area contributed by atoms with E-state index in [0.29, 0.717) is 11.3 Å². The smallest absolute Gasteiger partial charge is 0.119 e. The van der Waals surface area contributed by atoms with E-state index >= 15 is 0 Å². The molecule has 0 saturated heterocycles. The molecule has 0 fully saturated rings. The van der Waals surface area contributed by atoms with Crippen LogP contribution in [0.1, 0.15) is 59.4 Å². The summed E-state index contributed by atoms with van der Waals surface area (Å²) in [5.41, 5.74) is 1.78. The van der Waals surface area contributed by atoms with Crippen molar-refractivity contribution in [2.24, 2.45) is 5.41 Å². The number of hydrogen-bond acceptors (Lipinski definition) is 1. The maximum atomic E-state index is 5.65. The quantitative estimate of drug-likeness (QED) is 0.711. The first-order valence-electron chi connectivity index (χ1n) is 6.54. The van der Waals surface area contributed by atoms with Crippen LogP contribution >= 0.6 is 0 Å². The van der Waals surface area contributed by atoms with E-state index in [0.717, 1.165) is 5.75 Å². The topological polar surface area (TPSA) is 9.23 Å². The van der Waals surface area contributed by atoms with Crippen LogP contribution in [0.15, 0.2) is 24.3 Å². The molecule has 0 spiro atoms. The number of ether oxygens (including phenoxy) is 1. The Kier molecular flexibility index (Phi) is 4.62. The minimum absolute atomic E-state index is 0.243. The predicted octanol–water partition coefficient (Wildman–Crippen LogP) is 5.01. The molecule has 17 heavy (non-hydrogen) atoms. The molecule has 96 valence electrons. The Hall–Kier alpha value is -0.980. The van der Waals surface area contributed by atoms with Crippen molar-refractivity contribution in [1.29, 1.82) is 0 Å². The summed E-state index contributed by atoms with van der Waals surface area (Å²) < 4.78 is 5.65. The van der Waals surface area contributed by atoms with Crippen LogP contribution in [0.3, 0.4) is 0 Å². The summed E-state index contributed by atoms with van der Waals surface area (Å²) in [7, 11) is 0.